The van der Waals surface area contributed by atoms with Crippen LogP contribution in [0.4, 0.5) is 32.1 Å². The predicted octanol–water partition coefficient (Wildman–Crippen LogP) is 2.58. The summed E-state index contributed by atoms with van der Waals surface area (Å²) in [6, 6.07) is 5.00. The van der Waals surface area contributed by atoms with E-state index >= 15 is 0 Å². The quantitative estimate of drug-likeness (QED) is 0.378. The molecule has 3 fully saturated rings. The van der Waals surface area contributed by atoms with Gasteiger partial charge in [0, 0.05) is 50.9 Å². The van der Waals surface area contributed by atoms with E-state index in [1.807, 2.05) is 4.90 Å². The third-order valence-electron chi connectivity index (χ3n) is 7.01. The van der Waals surface area contributed by atoms with E-state index in [0.29, 0.717) is 50.0 Å². The van der Waals surface area contributed by atoms with Gasteiger partial charge in [0.05, 0.1) is 28.6 Å². The average Bonchev–Trinajstić information content (AvgIpc) is 3.47. The number of aromatic nitrogens is 4. The number of halogens is 3. The minimum atomic E-state index is -3.03. The zero-order valence-electron chi connectivity index (χ0n) is 20.7. The van der Waals surface area contributed by atoms with Gasteiger partial charge in [-0.15, -0.1) is 0 Å². The van der Waals surface area contributed by atoms with E-state index in [-0.39, 0.29) is 46.0 Å². The molecule has 0 radical (unpaired) electrons. The number of nitriles is 1. The van der Waals surface area contributed by atoms with E-state index in [1.165, 1.54) is 22.8 Å². The summed E-state index contributed by atoms with van der Waals surface area (Å²) in [7, 11) is 0. The third kappa shape index (κ3) is 5.19. The fourth-order valence-electron chi connectivity index (χ4n) is 4.92. The smallest absolute Gasteiger partial charge is 0.387 e. The van der Waals surface area contributed by atoms with Crippen molar-refractivity contribution in [2.45, 2.75) is 38.0 Å². The van der Waals surface area contributed by atoms with Crippen LogP contribution in [0.5, 0.6) is 5.75 Å². The maximum absolute atomic E-state index is 13.2. The molecule has 2 aromatic heterocycles. The van der Waals surface area contributed by atoms with Crippen molar-refractivity contribution in [3.05, 3.63) is 28.9 Å². The summed E-state index contributed by atoms with van der Waals surface area (Å²) in [6.45, 7) is -0.0492. The van der Waals surface area contributed by atoms with Crippen molar-refractivity contribution < 1.29 is 18.3 Å². The van der Waals surface area contributed by atoms with Crippen molar-refractivity contribution in [2.24, 2.45) is 0 Å². The zero-order chi connectivity index (χ0) is 27.1. The van der Waals surface area contributed by atoms with Crippen LogP contribution in [0.25, 0.3) is 5.65 Å². The van der Waals surface area contributed by atoms with Crippen molar-refractivity contribution in [3.8, 4) is 11.8 Å². The normalized spacial score (nSPS) is 19.8. The molecule has 1 aromatic carbocycles. The van der Waals surface area contributed by atoms with Crippen molar-refractivity contribution in [3.63, 3.8) is 0 Å². The van der Waals surface area contributed by atoms with Crippen molar-refractivity contribution in [1.29, 1.82) is 5.26 Å². The number of fused-ring (bicyclic) bond motifs is 1. The zero-order valence-corrected chi connectivity index (χ0v) is 21.5. The highest BCUT2D eigenvalue weighted by molar-refractivity contribution is 6.36. The molecule has 1 aliphatic carbocycles. The van der Waals surface area contributed by atoms with Gasteiger partial charge in [-0.05, 0) is 19.3 Å². The molecule has 6 rings (SSSR count). The van der Waals surface area contributed by atoms with Gasteiger partial charge in [0.15, 0.2) is 5.65 Å². The molecule has 1 amide bonds. The fourth-order valence-corrected chi connectivity index (χ4v) is 5.19. The number of amides is 1. The van der Waals surface area contributed by atoms with Gasteiger partial charge in [0.25, 0.3) is 0 Å². The first-order chi connectivity index (χ1) is 18.9. The van der Waals surface area contributed by atoms with Gasteiger partial charge in [-0.1, -0.05) is 11.6 Å². The van der Waals surface area contributed by atoms with E-state index in [1.54, 1.807) is 0 Å². The number of alkyl halides is 2. The minimum Gasteiger partial charge on any atom is -0.435 e. The lowest BCUT2D eigenvalue weighted by Gasteiger charge is -2.38. The number of hydrogen-bond acceptors (Lipinski definition) is 10. The first-order valence-corrected chi connectivity index (χ1v) is 13.0. The molecule has 39 heavy (non-hydrogen) atoms. The number of ether oxygens (including phenoxy) is 1. The molecule has 0 unspecified atom stereocenters. The lowest BCUT2D eigenvalue weighted by Crippen LogP contribution is -2.52. The van der Waals surface area contributed by atoms with Gasteiger partial charge in [0.2, 0.25) is 17.8 Å². The molecule has 3 aromatic rings. The maximum atomic E-state index is 13.2. The second kappa shape index (κ2) is 10.3. The van der Waals surface area contributed by atoms with Crippen LogP contribution in [0.3, 0.4) is 0 Å². The van der Waals surface area contributed by atoms with E-state index in [4.69, 9.17) is 16.3 Å². The highest BCUT2D eigenvalue weighted by atomic mass is 35.5. The Balaban J connectivity index is 1.31. The number of piperazine rings is 1. The standard InChI is InChI=1S/C24H25ClF2N10O2/c25-19-16(32-23-33-20-13(11-28)12-30-37(20)24(34-23)31-14-1-2-14)9-15(39-22(26)27)10-18(19)36-7-5-35(6-8-36)17-3-4-29-21(17)38/h9-10,12,14,17,22H,1-8H2,(H,29,38)(H2,31,32,33,34)/t17-/m1/s1. The molecule has 2 aliphatic heterocycles. The second-order valence-electron chi connectivity index (χ2n) is 9.62. The highest BCUT2D eigenvalue weighted by Crippen LogP contribution is 2.39. The van der Waals surface area contributed by atoms with Gasteiger partial charge in [-0.2, -0.15) is 33.6 Å². The summed E-state index contributed by atoms with van der Waals surface area (Å²) in [6.07, 6.45) is 4.14. The van der Waals surface area contributed by atoms with E-state index in [2.05, 4.69) is 42.0 Å². The van der Waals surface area contributed by atoms with Crippen molar-refractivity contribution in [2.75, 3.05) is 48.3 Å². The Hall–Kier alpha value is -3.96. The number of rotatable bonds is 8. The molecule has 15 heteroatoms. The molecule has 0 spiro atoms. The van der Waals surface area contributed by atoms with E-state index in [9.17, 15) is 18.8 Å². The molecular weight excluding hydrogens is 534 g/mol. The van der Waals surface area contributed by atoms with Crippen LogP contribution in [-0.2, 0) is 4.79 Å². The van der Waals surface area contributed by atoms with Gasteiger partial charge < -0.3 is 25.6 Å². The average molecular weight is 559 g/mol. The molecule has 12 nitrogen and oxygen atoms in total. The molecule has 4 heterocycles. The molecule has 2 saturated heterocycles. The molecule has 204 valence electrons. The van der Waals surface area contributed by atoms with Crippen LogP contribution >= 0.6 is 11.6 Å². The molecule has 3 N–H and O–H groups in total. The Morgan fingerprint density at radius 1 is 1.18 bits per heavy atom. The van der Waals surface area contributed by atoms with Crippen molar-refractivity contribution in [1.82, 2.24) is 29.8 Å². The lowest BCUT2D eigenvalue weighted by molar-refractivity contribution is -0.123. The number of anilines is 4. The first kappa shape index (κ1) is 25.3. The molecular formula is C24H25ClF2N10O2. The van der Waals surface area contributed by atoms with Gasteiger partial charge in [-0.25, -0.2) is 0 Å². The summed E-state index contributed by atoms with van der Waals surface area (Å²) >= 11 is 6.81. The Labute approximate surface area is 226 Å². The van der Waals surface area contributed by atoms with Crippen LogP contribution in [0.15, 0.2) is 18.3 Å². The molecule has 3 aliphatic rings. The van der Waals surface area contributed by atoms with Gasteiger partial charge in [0.1, 0.15) is 17.4 Å². The minimum absolute atomic E-state index is 0.0329. The van der Waals surface area contributed by atoms with Crippen LogP contribution in [0.1, 0.15) is 24.8 Å². The Morgan fingerprint density at radius 2 is 1.97 bits per heavy atom. The van der Waals surface area contributed by atoms with Crippen LogP contribution < -0.4 is 25.6 Å². The molecule has 0 bridgehead atoms. The predicted molar refractivity (Wildman–Crippen MR) is 139 cm³/mol. The number of nitrogens with one attached hydrogen (secondary N) is 3. The summed E-state index contributed by atoms with van der Waals surface area (Å²) < 4.78 is 32.6. The van der Waals surface area contributed by atoms with Crippen LogP contribution in [0.2, 0.25) is 5.02 Å². The lowest BCUT2D eigenvalue weighted by atomic mass is 10.1. The topological polar surface area (TPSA) is 136 Å². The number of nitrogens with zero attached hydrogens (tertiary/aromatic N) is 7. The molecule has 1 saturated carbocycles. The fraction of sp³-hybridized carbons (Fsp3) is 0.458. The number of carbonyl (C=O) groups is 1. The summed E-state index contributed by atoms with van der Waals surface area (Å²) in [5, 5.41) is 23.1. The third-order valence-corrected chi connectivity index (χ3v) is 7.41. The Morgan fingerprint density at radius 3 is 2.64 bits per heavy atom. The van der Waals surface area contributed by atoms with E-state index < -0.39 is 6.61 Å². The number of carbonyl (C=O) groups excluding carboxylic acids is 1. The second-order valence-corrected chi connectivity index (χ2v) is 10.00. The Kier molecular flexibility index (Phi) is 6.69. The monoisotopic (exact) mass is 558 g/mol. The SMILES string of the molecule is N#Cc1cnn2c(NC3CC3)nc(Nc3cc(OC(F)F)cc(N4CCN([C@@H]5CCNC5=O)CC4)c3Cl)nc12. The van der Waals surface area contributed by atoms with Crippen LogP contribution in [-0.4, -0.2) is 81.8 Å². The van der Waals surface area contributed by atoms with Gasteiger partial charge in [-0.3, -0.25) is 9.69 Å². The number of hydrogen-bond donors (Lipinski definition) is 3. The Bertz CT molecular complexity index is 1450. The number of benzene rings is 1. The largest absolute Gasteiger partial charge is 0.435 e. The van der Waals surface area contributed by atoms with Crippen LogP contribution in [0, 0.1) is 11.3 Å². The highest BCUT2D eigenvalue weighted by Gasteiger charge is 2.33. The van der Waals surface area contributed by atoms with Gasteiger partial charge >= 0.3 is 6.61 Å². The van der Waals surface area contributed by atoms with E-state index in [0.717, 1.165) is 19.3 Å². The molecule has 1 atom stereocenters. The summed E-state index contributed by atoms with van der Waals surface area (Å²) in [5.74, 6) is 0.464. The van der Waals surface area contributed by atoms with Crippen molar-refractivity contribution >= 4 is 46.4 Å². The maximum Gasteiger partial charge on any atom is 0.387 e. The first-order valence-electron chi connectivity index (χ1n) is 12.6. The summed E-state index contributed by atoms with van der Waals surface area (Å²) in [5.41, 5.74) is 1.32. The summed E-state index contributed by atoms with van der Waals surface area (Å²) in [4.78, 5) is 25.2.